The lowest BCUT2D eigenvalue weighted by Crippen LogP contribution is -2.47. The molecule has 9 unspecified atom stereocenters. The molecule has 0 aromatic rings. The standard InChI is InChI=1S/C21H40O3/c1-9-18-14(4)13(3)15(5)20(23-18)11-22-12-21(8)17(7)16(6)19(10-2)24-21/h13-20H,9-12H2,1-8H3. The lowest BCUT2D eigenvalue weighted by Gasteiger charge is -2.44. The zero-order chi connectivity index (χ0) is 18.1. The van der Waals surface area contributed by atoms with Crippen LogP contribution in [0.2, 0.25) is 0 Å². The van der Waals surface area contributed by atoms with Crippen molar-refractivity contribution in [3.05, 3.63) is 0 Å². The molecular formula is C21H40O3. The van der Waals surface area contributed by atoms with Crippen molar-refractivity contribution < 1.29 is 14.2 Å². The fourth-order valence-corrected chi connectivity index (χ4v) is 4.72. The van der Waals surface area contributed by atoms with E-state index in [0.29, 0.717) is 55.0 Å². The Morgan fingerprint density at radius 2 is 1.38 bits per heavy atom. The van der Waals surface area contributed by atoms with Gasteiger partial charge in [-0.1, -0.05) is 48.5 Å². The quantitative estimate of drug-likeness (QED) is 0.686. The van der Waals surface area contributed by atoms with E-state index in [-0.39, 0.29) is 11.7 Å². The summed E-state index contributed by atoms with van der Waals surface area (Å²) >= 11 is 0. The Kier molecular flexibility index (Phi) is 6.78. The van der Waals surface area contributed by atoms with Gasteiger partial charge in [0.1, 0.15) is 0 Å². The van der Waals surface area contributed by atoms with E-state index in [1.165, 1.54) is 0 Å². The molecular weight excluding hydrogens is 300 g/mol. The molecule has 0 aromatic heterocycles. The summed E-state index contributed by atoms with van der Waals surface area (Å²) in [6.45, 7) is 19.6. The van der Waals surface area contributed by atoms with Gasteiger partial charge in [-0.25, -0.2) is 0 Å². The van der Waals surface area contributed by atoms with E-state index in [9.17, 15) is 0 Å². The third kappa shape index (κ3) is 3.83. The van der Waals surface area contributed by atoms with E-state index < -0.39 is 0 Å². The van der Waals surface area contributed by atoms with Crippen LogP contribution in [0.4, 0.5) is 0 Å². The first-order valence-corrected chi connectivity index (χ1v) is 10.2. The van der Waals surface area contributed by atoms with Crippen LogP contribution in [0, 0.1) is 29.6 Å². The normalized spacial score (nSPS) is 49.5. The van der Waals surface area contributed by atoms with Crippen LogP contribution in [0.1, 0.15) is 68.2 Å². The van der Waals surface area contributed by atoms with Gasteiger partial charge in [-0.05, 0) is 49.4 Å². The largest absolute Gasteiger partial charge is 0.376 e. The molecule has 24 heavy (non-hydrogen) atoms. The minimum absolute atomic E-state index is 0.166. The van der Waals surface area contributed by atoms with E-state index >= 15 is 0 Å². The summed E-state index contributed by atoms with van der Waals surface area (Å²) in [5.41, 5.74) is -0.166. The molecule has 0 aliphatic carbocycles. The van der Waals surface area contributed by atoms with Gasteiger partial charge in [-0.15, -0.1) is 0 Å². The predicted octanol–water partition coefficient (Wildman–Crippen LogP) is 4.93. The first-order valence-electron chi connectivity index (χ1n) is 10.2. The van der Waals surface area contributed by atoms with Gasteiger partial charge in [0, 0.05) is 0 Å². The van der Waals surface area contributed by atoms with Gasteiger partial charge < -0.3 is 14.2 Å². The number of rotatable bonds is 6. The van der Waals surface area contributed by atoms with Crippen molar-refractivity contribution in [3.8, 4) is 0 Å². The molecule has 2 aliphatic heterocycles. The van der Waals surface area contributed by atoms with Crippen LogP contribution in [0.15, 0.2) is 0 Å². The summed E-state index contributed by atoms with van der Waals surface area (Å²) in [5.74, 6) is 2.97. The Labute approximate surface area is 149 Å². The van der Waals surface area contributed by atoms with Gasteiger partial charge in [0.05, 0.1) is 37.1 Å². The molecule has 2 heterocycles. The molecule has 2 fully saturated rings. The van der Waals surface area contributed by atoms with Crippen LogP contribution in [-0.4, -0.2) is 37.1 Å². The number of hydrogen-bond acceptors (Lipinski definition) is 3. The van der Waals surface area contributed by atoms with Crippen LogP contribution >= 0.6 is 0 Å². The third-order valence-electron chi connectivity index (χ3n) is 7.42. The third-order valence-corrected chi connectivity index (χ3v) is 7.42. The van der Waals surface area contributed by atoms with Gasteiger partial charge in [0.15, 0.2) is 0 Å². The molecule has 2 saturated heterocycles. The van der Waals surface area contributed by atoms with Crippen molar-refractivity contribution in [2.45, 2.75) is 92.1 Å². The molecule has 0 aromatic carbocycles. The molecule has 9 atom stereocenters. The van der Waals surface area contributed by atoms with E-state index in [4.69, 9.17) is 14.2 Å². The first kappa shape index (κ1) is 20.2. The molecule has 0 bridgehead atoms. The average molecular weight is 341 g/mol. The fourth-order valence-electron chi connectivity index (χ4n) is 4.72. The van der Waals surface area contributed by atoms with Crippen LogP contribution in [0.5, 0.6) is 0 Å². The number of hydrogen-bond donors (Lipinski definition) is 0. The monoisotopic (exact) mass is 340 g/mol. The molecule has 142 valence electrons. The summed E-state index contributed by atoms with van der Waals surface area (Å²) in [6, 6.07) is 0. The predicted molar refractivity (Wildman–Crippen MR) is 99.2 cm³/mol. The molecule has 0 amide bonds. The average Bonchev–Trinajstić information content (AvgIpc) is 2.79. The van der Waals surface area contributed by atoms with Crippen molar-refractivity contribution in [1.29, 1.82) is 0 Å². The topological polar surface area (TPSA) is 27.7 Å². The molecule has 0 spiro atoms. The van der Waals surface area contributed by atoms with Crippen LogP contribution in [0.25, 0.3) is 0 Å². The van der Waals surface area contributed by atoms with Gasteiger partial charge in [0.25, 0.3) is 0 Å². The highest BCUT2D eigenvalue weighted by atomic mass is 16.6. The minimum Gasteiger partial charge on any atom is -0.376 e. The Balaban J connectivity index is 1.89. The Hall–Kier alpha value is -0.120. The Morgan fingerprint density at radius 3 is 1.92 bits per heavy atom. The zero-order valence-electron chi connectivity index (χ0n) is 17.2. The lowest BCUT2D eigenvalue weighted by atomic mass is 9.76. The molecule has 3 nitrogen and oxygen atoms in total. The SMILES string of the molecule is CCC1OC(COCC2(C)OC(CC)C(C)C2C)C(C)C(C)C1C. The Bertz CT molecular complexity index is 397. The van der Waals surface area contributed by atoms with E-state index in [0.717, 1.165) is 12.8 Å². The smallest absolute Gasteiger partial charge is 0.0919 e. The number of ether oxygens (including phenoxy) is 3. The van der Waals surface area contributed by atoms with Gasteiger partial charge in [-0.2, -0.15) is 0 Å². The first-order chi connectivity index (χ1) is 11.2. The van der Waals surface area contributed by atoms with E-state index in [1.54, 1.807) is 0 Å². The maximum atomic E-state index is 6.35. The summed E-state index contributed by atoms with van der Waals surface area (Å²) in [6.07, 6.45) is 3.11. The second-order valence-corrected chi connectivity index (χ2v) is 8.74. The maximum absolute atomic E-state index is 6.35. The molecule has 0 N–H and O–H groups in total. The van der Waals surface area contributed by atoms with Crippen molar-refractivity contribution in [1.82, 2.24) is 0 Å². The summed E-state index contributed by atoms with van der Waals surface area (Å²) in [7, 11) is 0. The van der Waals surface area contributed by atoms with Crippen molar-refractivity contribution in [2.24, 2.45) is 29.6 Å². The second kappa shape index (κ2) is 8.05. The highest BCUT2D eigenvalue weighted by molar-refractivity contribution is 4.95. The van der Waals surface area contributed by atoms with E-state index in [2.05, 4.69) is 55.4 Å². The fraction of sp³-hybridized carbons (Fsp3) is 1.00. The molecule has 0 saturated carbocycles. The highest BCUT2D eigenvalue weighted by Crippen LogP contribution is 2.42. The second-order valence-electron chi connectivity index (χ2n) is 8.74. The molecule has 2 rings (SSSR count). The Morgan fingerprint density at radius 1 is 0.792 bits per heavy atom. The van der Waals surface area contributed by atoms with Crippen molar-refractivity contribution >= 4 is 0 Å². The molecule has 0 radical (unpaired) electrons. The summed E-state index contributed by atoms with van der Waals surface area (Å²) in [4.78, 5) is 0. The van der Waals surface area contributed by atoms with Crippen LogP contribution in [0.3, 0.4) is 0 Å². The van der Waals surface area contributed by atoms with Gasteiger partial charge >= 0.3 is 0 Å². The summed E-state index contributed by atoms with van der Waals surface area (Å²) < 4.78 is 18.9. The van der Waals surface area contributed by atoms with E-state index in [1.807, 2.05) is 0 Å². The maximum Gasteiger partial charge on any atom is 0.0919 e. The van der Waals surface area contributed by atoms with Crippen molar-refractivity contribution in [2.75, 3.05) is 13.2 Å². The molecule has 2 aliphatic rings. The molecule has 3 heteroatoms. The highest BCUT2D eigenvalue weighted by Gasteiger charge is 2.47. The van der Waals surface area contributed by atoms with Gasteiger partial charge in [-0.3, -0.25) is 0 Å². The summed E-state index contributed by atoms with van der Waals surface area (Å²) in [5, 5.41) is 0. The zero-order valence-corrected chi connectivity index (χ0v) is 17.2. The van der Waals surface area contributed by atoms with Gasteiger partial charge in [0.2, 0.25) is 0 Å². The van der Waals surface area contributed by atoms with Crippen LogP contribution in [-0.2, 0) is 14.2 Å². The van der Waals surface area contributed by atoms with Crippen molar-refractivity contribution in [3.63, 3.8) is 0 Å². The lowest BCUT2D eigenvalue weighted by molar-refractivity contribution is -0.169. The van der Waals surface area contributed by atoms with Crippen LogP contribution < -0.4 is 0 Å². The minimum atomic E-state index is -0.166.